The van der Waals surface area contributed by atoms with Crippen LogP contribution in [-0.2, 0) is 6.54 Å². The molecule has 4 heteroatoms. The lowest BCUT2D eigenvalue weighted by Gasteiger charge is -1.91. The summed E-state index contributed by atoms with van der Waals surface area (Å²) in [5.74, 6) is 0. The van der Waals surface area contributed by atoms with Crippen LogP contribution in [0.2, 0.25) is 0 Å². The number of nitrogens with zero attached hydrogens (tertiary/aromatic N) is 3. The molecular weight excluding hydrogens is 128 g/mol. The Labute approximate surface area is 58.3 Å². The molecule has 0 aliphatic heterocycles. The molecule has 1 rings (SSSR count). The van der Waals surface area contributed by atoms with Crippen molar-refractivity contribution in [3.8, 4) is 6.07 Å². The summed E-state index contributed by atoms with van der Waals surface area (Å²) >= 11 is 0. The SMILES string of the molecule is N#Cc1cnc(CN)cn1. The Morgan fingerprint density at radius 1 is 1.50 bits per heavy atom. The quantitative estimate of drug-likeness (QED) is 0.577. The van der Waals surface area contributed by atoms with Crippen LogP contribution in [-0.4, -0.2) is 9.97 Å². The minimum Gasteiger partial charge on any atom is -0.325 e. The van der Waals surface area contributed by atoms with Gasteiger partial charge in [0.2, 0.25) is 0 Å². The Balaban J connectivity index is 2.93. The Hall–Kier alpha value is -1.47. The van der Waals surface area contributed by atoms with E-state index in [4.69, 9.17) is 11.0 Å². The zero-order valence-corrected chi connectivity index (χ0v) is 5.28. The molecule has 50 valence electrons. The fourth-order valence-electron chi connectivity index (χ4n) is 0.518. The first-order valence-corrected chi connectivity index (χ1v) is 2.78. The summed E-state index contributed by atoms with van der Waals surface area (Å²) in [6.07, 6.45) is 2.90. The van der Waals surface area contributed by atoms with Crippen molar-refractivity contribution in [3.63, 3.8) is 0 Å². The fourth-order valence-corrected chi connectivity index (χ4v) is 0.518. The highest BCUT2D eigenvalue weighted by Crippen LogP contribution is 1.91. The molecule has 0 atom stereocenters. The van der Waals surface area contributed by atoms with Gasteiger partial charge in [-0.1, -0.05) is 0 Å². The summed E-state index contributed by atoms with van der Waals surface area (Å²) in [5, 5.41) is 8.32. The molecule has 0 aliphatic carbocycles. The van der Waals surface area contributed by atoms with Gasteiger partial charge in [0.1, 0.15) is 6.07 Å². The molecule has 0 radical (unpaired) electrons. The van der Waals surface area contributed by atoms with Gasteiger partial charge >= 0.3 is 0 Å². The third kappa shape index (κ3) is 1.27. The van der Waals surface area contributed by atoms with Crippen LogP contribution in [0.3, 0.4) is 0 Å². The third-order valence-corrected chi connectivity index (χ3v) is 1.03. The second kappa shape index (κ2) is 2.90. The first-order chi connectivity index (χ1) is 4.86. The van der Waals surface area contributed by atoms with Crippen LogP contribution in [0, 0.1) is 11.3 Å². The fraction of sp³-hybridized carbons (Fsp3) is 0.167. The van der Waals surface area contributed by atoms with Gasteiger partial charge in [0.05, 0.1) is 18.1 Å². The number of hydrogen-bond donors (Lipinski definition) is 1. The highest BCUT2D eigenvalue weighted by Gasteiger charge is 1.91. The minimum absolute atomic E-state index is 0.317. The van der Waals surface area contributed by atoms with Crippen molar-refractivity contribution in [2.24, 2.45) is 5.73 Å². The van der Waals surface area contributed by atoms with Crippen LogP contribution < -0.4 is 5.73 Å². The zero-order chi connectivity index (χ0) is 7.40. The maximum absolute atomic E-state index is 8.32. The maximum atomic E-state index is 8.32. The van der Waals surface area contributed by atoms with E-state index in [-0.39, 0.29) is 0 Å². The Morgan fingerprint density at radius 2 is 2.30 bits per heavy atom. The molecule has 4 nitrogen and oxygen atoms in total. The van der Waals surface area contributed by atoms with Crippen LogP contribution in [0.1, 0.15) is 11.4 Å². The molecule has 0 saturated heterocycles. The minimum atomic E-state index is 0.317. The van der Waals surface area contributed by atoms with E-state index in [2.05, 4.69) is 9.97 Å². The Kier molecular flexibility index (Phi) is 1.92. The Bertz CT molecular complexity index is 245. The summed E-state index contributed by atoms with van der Waals surface area (Å²) in [6, 6.07) is 1.86. The molecule has 0 amide bonds. The normalized spacial score (nSPS) is 8.80. The van der Waals surface area contributed by atoms with E-state index in [0.29, 0.717) is 17.9 Å². The number of nitrogens with two attached hydrogens (primary N) is 1. The average Bonchev–Trinajstić information content (AvgIpc) is 2.05. The van der Waals surface area contributed by atoms with Gasteiger partial charge in [0, 0.05) is 6.54 Å². The van der Waals surface area contributed by atoms with E-state index >= 15 is 0 Å². The summed E-state index contributed by atoms with van der Waals surface area (Å²) in [4.78, 5) is 7.62. The van der Waals surface area contributed by atoms with Crippen molar-refractivity contribution in [3.05, 3.63) is 23.8 Å². The second-order valence-corrected chi connectivity index (χ2v) is 1.71. The molecule has 0 aliphatic rings. The van der Waals surface area contributed by atoms with Crippen molar-refractivity contribution in [1.29, 1.82) is 5.26 Å². The van der Waals surface area contributed by atoms with Crippen LogP contribution >= 0.6 is 0 Å². The van der Waals surface area contributed by atoms with Crippen molar-refractivity contribution < 1.29 is 0 Å². The lowest BCUT2D eigenvalue weighted by atomic mass is 10.4. The number of nitriles is 1. The molecule has 1 aromatic heterocycles. The highest BCUT2D eigenvalue weighted by molar-refractivity contribution is 5.16. The van der Waals surface area contributed by atoms with E-state index in [0.717, 1.165) is 0 Å². The monoisotopic (exact) mass is 134 g/mol. The van der Waals surface area contributed by atoms with Crippen LogP contribution in [0.5, 0.6) is 0 Å². The predicted octanol–water partition coefficient (Wildman–Crippen LogP) is -0.193. The first-order valence-electron chi connectivity index (χ1n) is 2.78. The van der Waals surface area contributed by atoms with Crippen molar-refractivity contribution in [2.75, 3.05) is 0 Å². The predicted molar refractivity (Wildman–Crippen MR) is 34.6 cm³/mol. The molecule has 0 saturated carbocycles. The molecule has 0 fully saturated rings. The number of aromatic nitrogens is 2. The molecule has 0 aromatic carbocycles. The van der Waals surface area contributed by atoms with Gasteiger partial charge in [0.25, 0.3) is 0 Å². The number of hydrogen-bond acceptors (Lipinski definition) is 4. The Morgan fingerprint density at radius 3 is 2.70 bits per heavy atom. The topological polar surface area (TPSA) is 75.6 Å². The van der Waals surface area contributed by atoms with Crippen LogP contribution in [0.25, 0.3) is 0 Å². The molecule has 0 unspecified atom stereocenters. The molecule has 1 aromatic rings. The van der Waals surface area contributed by atoms with Gasteiger partial charge < -0.3 is 5.73 Å². The van der Waals surface area contributed by atoms with Crippen molar-refractivity contribution >= 4 is 0 Å². The zero-order valence-electron chi connectivity index (χ0n) is 5.28. The third-order valence-electron chi connectivity index (χ3n) is 1.03. The van der Waals surface area contributed by atoms with Gasteiger partial charge in [-0.25, -0.2) is 4.98 Å². The van der Waals surface area contributed by atoms with Gasteiger partial charge in [0.15, 0.2) is 5.69 Å². The van der Waals surface area contributed by atoms with Crippen LogP contribution in [0.15, 0.2) is 12.4 Å². The standard InChI is InChI=1S/C6H6N4/c7-1-5-3-10-6(2-8)4-9-5/h3-4H,1,7H2. The molecule has 2 N–H and O–H groups in total. The molecular formula is C6H6N4. The largest absolute Gasteiger partial charge is 0.325 e. The van der Waals surface area contributed by atoms with Crippen molar-refractivity contribution in [1.82, 2.24) is 9.97 Å². The number of rotatable bonds is 1. The first kappa shape index (κ1) is 6.65. The lowest BCUT2D eigenvalue weighted by molar-refractivity contribution is 0.957. The average molecular weight is 134 g/mol. The van der Waals surface area contributed by atoms with Gasteiger partial charge in [-0.05, 0) is 0 Å². The van der Waals surface area contributed by atoms with Gasteiger partial charge in [-0.15, -0.1) is 0 Å². The smallest absolute Gasteiger partial charge is 0.158 e. The lowest BCUT2D eigenvalue weighted by Crippen LogP contribution is -2.00. The molecule has 0 spiro atoms. The van der Waals surface area contributed by atoms with E-state index in [1.807, 2.05) is 6.07 Å². The van der Waals surface area contributed by atoms with Crippen LogP contribution in [0.4, 0.5) is 0 Å². The van der Waals surface area contributed by atoms with E-state index in [1.54, 1.807) is 0 Å². The van der Waals surface area contributed by atoms with Gasteiger partial charge in [-0.3, -0.25) is 4.98 Å². The van der Waals surface area contributed by atoms with Crippen molar-refractivity contribution in [2.45, 2.75) is 6.54 Å². The summed E-state index contributed by atoms with van der Waals surface area (Å²) in [7, 11) is 0. The summed E-state index contributed by atoms with van der Waals surface area (Å²) < 4.78 is 0. The molecule has 1 heterocycles. The van der Waals surface area contributed by atoms with E-state index in [9.17, 15) is 0 Å². The van der Waals surface area contributed by atoms with E-state index in [1.165, 1.54) is 12.4 Å². The van der Waals surface area contributed by atoms with Gasteiger partial charge in [-0.2, -0.15) is 5.26 Å². The highest BCUT2D eigenvalue weighted by atomic mass is 14.8. The summed E-state index contributed by atoms with van der Waals surface area (Å²) in [5.41, 5.74) is 6.27. The maximum Gasteiger partial charge on any atom is 0.158 e. The summed E-state index contributed by atoms with van der Waals surface area (Å²) in [6.45, 7) is 0.360. The second-order valence-electron chi connectivity index (χ2n) is 1.71. The molecule has 10 heavy (non-hydrogen) atoms. The van der Waals surface area contributed by atoms with E-state index < -0.39 is 0 Å². The molecule has 0 bridgehead atoms.